The second-order valence-corrected chi connectivity index (χ2v) is 11.2. The first-order valence-corrected chi connectivity index (χ1v) is 13.1. The summed E-state index contributed by atoms with van der Waals surface area (Å²) < 4.78 is 0. The molecule has 3 heteroatoms. The molecule has 6 rings (SSSR count). The third-order valence-corrected chi connectivity index (χ3v) is 9.09. The molecule has 0 radical (unpaired) electrons. The van der Waals surface area contributed by atoms with E-state index in [9.17, 15) is 4.79 Å². The van der Waals surface area contributed by atoms with Gasteiger partial charge < -0.3 is 5.32 Å². The van der Waals surface area contributed by atoms with Crippen LogP contribution in [0.5, 0.6) is 0 Å². The number of piperidine rings is 1. The van der Waals surface area contributed by atoms with Crippen LogP contribution in [-0.2, 0) is 18.3 Å². The van der Waals surface area contributed by atoms with E-state index in [0.29, 0.717) is 18.5 Å². The van der Waals surface area contributed by atoms with Crippen LogP contribution in [0.15, 0.2) is 60.7 Å². The van der Waals surface area contributed by atoms with E-state index in [4.69, 9.17) is 0 Å². The van der Waals surface area contributed by atoms with Crippen molar-refractivity contribution in [2.45, 2.75) is 57.4 Å². The van der Waals surface area contributed by atoms with Gasteiger partial charge in [0.2, 0.25) is 0 Å². The number of rotatable bonds is 6. The molecule has 3 aromatic rings. The summed E-state index contributed by atoms with van der Waals surface area (Å²) in [6.45, 7) is 8.03. The van der Waals surface area contributed by atoms with Crippen molar-refractivity contribution < 1.29 is 4.79 Å². The molecule has 3 aromatic carbocycles. The minimum atomic E-state index is 0.0492. The minimum Gasteiger partial charge on any atom is -0.352 e. The Bertz CT molecular complexity index is 1230. The van der Waals surface area contributed by atoms with E-state index in [-0.39, 0.29) is 11.3 Å². The van der Waals surface area contributed by atoms with Crippen LogP contribution in [0.3, 0.4) is 0 Å². The summed E-state index contributed by atoms with van der Waals surface area (Å²) in [7, 11) is 0. The van der Waals surface area contributed by atoms with Crippen molar-refractivity contribution in [2.75, 3.05) is 19.6 Å². The lowest BCUT2D eigenvalue weighted by Gasteiger charge is -2.55. The zero-order valence-corrected chi connectivity index (χ0v) is 20.5. The second kappa shape index (κ2) is 8.53. The Kier molecular flexibility index (Phi) is 5.49. The molecule has 2 fully saturated rings. The molecule has 3 nitrogen and oxygen atoms in total. The maximum absolute atomic E-state index is 13.1. The lowest BCUT2D eigenvalue weighted by molar-refractivity contribution is 0.0284. The number of likely N-dealkylation sites (tertiary alicyclic amines) is 1. The molecule has 34 heavy (non-hydrogen) atoms. The largest absolute Gasteiger partial charge is 0.352 e. The van der Waals surface area contributed by atoms with Crippen LogP contribution in [0.25, 0.3) is 10.8 Å². The molecule has 1 heterocycles. The lowest BCUT2D eigenvalue weighted by Crippen LogP contribution is -2.58. The summed E-state index contributed by atoms with van der Waals surface area (Å²) in [6, 6.07) is 22.1. The molecule has 1 aliphatic heterocycles. The third kappa shape index (κ3) is 3.94. The first kappa shape index (κ1) is 21.9. The summed E-state index contributed by atoms with van der Waals surface area (Å²) in [4.78, 5) is 15.8. The average Bonchev–Trinajstić information content (AvgIpc) is 3.67. The summed E-state index contributed by atoms with van der Waals surface area (Å²) in [5.74, 6) is 1.62. The van der Waals surface area contributed by atoms with Crippen molar-refractivity contribution in [3.8, 4) is 0 Å². The predicted molar refractivity (Wildman–Crippen MR) is 139 cm³/mol. The van der Waals surface area contributed by atoms with E-state index in [1.807, 2.05) is 6.07 Å². The molecule has 0 spiro atoms. The van der Waals surface area contributed by atoms with Crippen LogP contribution >= 0.6 is 0 Å². The minimum absolute atomic E-state index is 0.0492. The van der Waals surface area contributed by atoms with Crippen LogP contribution in [0.1, 0.15) is 60.2 Å². The van der Waals surface area contributed by atoms with Crippen molar-refractivity contribution >= 4 is 16.7 Å². The van der Waals surface area contributed by atoms with Gasteiger partial charge in [0.05, 0.1) is 0 Å². The Morgan fingerprint density at radius 3 is 2.71 bits per heavy atom. The molecule has 1 amide bonds. The number of carbonyl (C=O) groups excluding carboxylic acids is 1. The van der Waals surface area contributed by atoms with Gasteiger partial charge in [0.25, 0.3) is 5.91 Å². The topological polar surface area (TPSA) is 32.3 Å². The summed E-state index contributed by atoms with van der Waals surface area (Å²) in [5, 5.41) is 5.68. The van der Waals surface area contributed by atoms with E-state index >= 15 is 0 Å². The van der Waals surface area contributed by atoms with Gasteiger partial charge in [0.1, 0.15) is 0 Å². The van der Waals surface area contributed by atoms with Crippen LogP contribution in [0.2, 0.25) is 0 Å². The van der Waals surface area contributed by atoms with Gasteiger partial charge in [0.15, 0.2) is 0 Å². The van der Waals surface area contributed by atoms with Gasteiger partial charge in [0, 0.05) is 24.7 Å². The normalized spacial score (nSPS) is 26.3. The van der Waals surface area contributed by atoms with Gasteiger partial charge >= 0.3 is 0 Å². The predicted octanol–water partition coefficient (Wildman–Crippen LogP) is 5.75. The van der Waals surface area contributed by atoms with E-state index in [1.165, 1.54) is 59.8 Å². The molecule has 1 N–H and O–H groups in total. The van der Waals surface area contributed by atoms with E-state index in [2.05, 4.69) is 78.7 Å². The molecule has 0 aromatic heterocycles. The SMILES string of the molecule is CC1C2Cc3ccc(C(=O)NCCc4ccc5ccccc5c4)cc3C1(C)CCN2CC1CC1. The van der Waals surface area contributed by atoms with Crippen molar-refractivity contribution in [1.82, 2.24) is 10.2 Å². The number of hydrogen-bond donors (Lipinski definition) is 1. The number of hydrogen-bond acceptors (Lipinski definition) is 2. The average molecular weight is 453 g/mol. The molecule has 1 saturated heterocycles. The molecular formula is C31H36N2O. The highest BCUT2D eigenvalue weighted by molar-refractivity contribution is 5.94. The third-order valence-electron chi connectivity index (χ3n) is 9.09. The smallest absolute Gasteiger partial charge is 0.251 e. The highest BCUT2D eigenvalue weighted by Crippen LogP contribution is 2.49. The van der Waals surface area contributed by atoms with Crippen molar-refractivity contribution in [3.63, 3.8) is 0 Å². The zero-order chi connectivity index (χ0) is 23.3. The van der Waals surface area contributed by atoms with Gasteiger partial charge in [-0.1, -0.05) is 62.4 Å². The maximum Gasteiger partial charge on any atom is 0.251 e. The molecule has 3 aliphatic rings. The van der Waals surface area contributed by atoms with E-state index < -0.39 is 0 Å². The Hall–Kier alpha value is -2.65. The van der Waals surface area contributed by atoms with Gasteiger partial charge in [-0.2, -0.15) is 0 Å². The monoisotopic (exact) mass is 452 g/mol. The Labute approximate surface area is 203 Å². The highest BCUT2D eigenvalue weighted by atomic mass is 16.1. The first-order chi connectivity index (χ1) is 16.5. The Balaban J connectivity index is 1.14. The number of nitrogens with one attached hydrogen (secondary N) is 1. The van der Waals surface area contributed by atoms with Gasteiger partial charge in [-0.25, -0.2) is 0 Å². The molecule has 2 aliphatic carbocycles. The second-order valence-electron chi connectivity index (χ2n) is 11.2. The number of benzene rings is 3. The summed E-state index contributed by atoms with van der Waals surface area (Å²) in [5.41, 5.74) is 5.11. The summed E-state index contributed by atoms with van der Waals surface area (Å²) >= 11 is 0. The fourth-order valence-electron chi connectivity index (χ4n) is 6.52. The number of fused-ring (bicyclic) bond motifs is 5. The van der Waals surface area contributed by atoms with Crippen LogP contribution in [-0.4, -0.2) is 36.5 Å². The number of nitrogens with zero attached hydrogens (tertiary/aromatic N) is 1. The number of carbonyl (C=O) groups is 1. The molecule has 3 atom stereocenters. The standard InChI is InChI=1S/C31H36N2O/c1-21-29-19-26-11-12-27(18-28(26)31(21,2)14-16-33(29)20-23-7-8-23)30(34)32-15-13-22-9-10-24-5-3-4-6-25(24)17-22/h3-6,9-12,17-18,21,23,29H,7-8,13-16,19-20H2,1-2H3,(H,32,34). The van der Waals surface area contributed by atoms with Gasteiger partial charge in [-0.15, -0.1) is 0 Å². The Morgan fingerprint density at radius 1 is 1.06 bits per heavy atom. The number of amides is 1. The van der Waals surface area contributed by atoms with Crippen LogP contribution in [0, 0.1) is 11.8 Å². The zero-order valence-electron chi connectivity index (χ0n) is 20.5. The van der Waals surface area contributed by atoms with E-state index in [1.54, 1.807) is 0 Å². The molecule has 1 saturated carbocycles. The highest BCUT2D eigenvalue weighted by Gasteiger charge is 2.49. The molecular weight excluding hydrogens is 416 g/mol. The van der Waals surface area contributed by atoms with Crippen LogP contribution < -0.4 is 5.32 Å². The maximum atomic E-state index is 13.1. The van der Waals surface area contributed by atoms with Crippen molar-refractivity contribution in [2.24, 2.45) is 11.8 Å². The lowest BCUT2D eigenvalue weighted by atomic mass is 9.59. The quantitative estimate of drug-likeness (QED) is 0.517. The van der Waals surface area contributed by atoms with Crippen LogP contribution in [0.4, 0.5) is 0 Å². The first-order valence-electron chi connectivity index (χ1n) is 13.1. The molecule has 3 unspecified atom stereocenters. The van der Waals surface area contributed by atoms with Crippen molar-refractivity contribution in [3.05, 3.63) is 82.9 Å². The van der Waals surface area contributed by atoms with Gasteiger partial charge in [-0.05, 0) is 95.5 Å². The molecule has 176 valence electrons. The fourth-order valence-corrected chi connectivity index (χ4v) is 6.52. The fraction of sp³-hybridized carbons (Fsp3) is 0.452. The van der Waals surface area contributed by atoms with Gasteiger partial charge in [-0.3, -0.25) is 9.69 Å². The summed E-state index contributed by atoms with van der Waals surface area (Å²) in [6.07, 6.45) is 6.00. The van der Waals surface area contributed by atoms with Crippen molar-refractivity contribution in [1.29, 1.82) is 0 Å². The Morgan fingerprint density at radius 2 is 1.88 bits per heavy atom. The molecule has 2 bridgehead atoms. The van der Waals surface area contributed by atoms with E-state index in [0.717, 1.165) is 24.3 Å².